The molecule has 3 rings (SSSR count). The van der Waals surface area contributed by atoms with E-state index in [0.29, 0.717) is 13.1 Å². The Morgan fingerprint density at radius 3 is 2.60 bits per heavy atom. The summed E-state index contributed by atoms with van der Waals surface area (Å²) in [5.74, 6) is -0.0388. The van der Waals surface area contributed by atoms with E-state index in [1.165, 1.54) is 22.5 Å². The minimum Gasteiger partial charge on any atom is -0.482 e. The van der Waals surface area contributed by atoms with Crippen molar-refractivity contribution in [3.05, 3.63) is 57.5 Å². The summed E-state index contributed by atoms with van der Waals surface area (Å²) in [5.41, 5.74) is 0.961. The first kappa shape index (κ1) is 23.1. The van der Waals surface area contributed by atoms with Crippen LogP contribution >= 0.6 is 27.5 Å². The van der Waals surface area contributed by atoms with Gasteiger partial charge in [0, 0.05) is 17.6 Å². The van der Waals surface area contributed by atoms with E-state index in [-0.39, 0.29) is 34.2 Å². The van der Waals surface area contributed by atoms with Gasteiger partial charge in [0.1, 0.15) is 5.75 Å². The Labute approximate surface area is 190 Å². The van der Waals surface area contributed by atoms with Gasteiger partial charge in [-0.3, -0.25) is 4.79 Å². The number of piperidine rings is 1. The van der Waals surface area contributed by atoms with Crippen molar-refractivity contribution in [2.75, 3.05) is 19.7 Å². The summed E-state index contributed by atoms with van der Waals surface area (Å²) in [6.45, 7) is 2.70. The SMILES string of the molecule is CC(NC(=O)COc1ccc(S(=O)(=O)N2CCCCC2)cc1Cl)c1cccc(Br)c1. The summed E-state index contributed by atoms with van der Waals surface area (Å²) in [5, 5.41) is 3.01. The molecule has 1 fully saturated rings. The lowest BCUT2D eigenvalue weighted by Crippen LogP contribution is -2.35. The molecule has 1 amide bonds. The van der Waals surface area contributed by atoms with Crippen LogP contribution in [0.3, 0.4) is 0 Å². The van der Waals surface area contributed by atoms with Crippen LogP contribution in [0.25, 0.3) is 0 Å². The Bertz CT molecular complexity index is 1010. The fraction of sp³-hybridized carbons (Fsp3) is 0.381. The Morgan fingerprint density at radius 2 is 1.93 bits per heavy atom. The molecule has 2 aromatic rings. The van der Waals surface area contributed by atoms with E-state index in [9.17, 15) is 13.2 Å². The molecule has 0 aliphatic carbocycles. The second-order valence-electron chi connectivity index (χ2n) is 7.19. The van der Waals surface area contributed by atoms with Crippen molar-refractivity contribution in [3.63, 3.8) is 0 Å². The number of halogens is 2. The number of nitrogens with zero attached hydrogens (tertiary/aromatic N) is 1. The van der Waals surface area contributed by atoms with Gasteiger partial charge in [-0.2, -0.15) is 4.31 Å². The van der Waals surface area contributed by atoms with Gasteiger partial charge in [-0.1, -0.05) is 46.1 Å². The lowest BCUT2D eigenvalue weighted by molar-refractivity contribution is -0.123. The Hall–Kier alpha value is -1.61. The van der Waals surface area contributed by atoms with Gasteiger partial charge in [-0.15, -0.1) is 0 Å². The highest BCUT2D eigenvalue weighted by molar-refractivity contribution is 9.10. The van der Waals surface area contributed by atoms with Crippen LogP contribution in [0.5, 0.6) is 5.75 Å². The van der Waals surface area contributed by atoms with Crippen LogP contribution in [0, 0.1) is 0 Å². The van der Waals surface area contributed by atoms with E-state index in [1.807, 2.05) is 31.2 Å². The first-order chi connectivity index (χ1) is 14.3. The van der Waals surface area contributed by atoms with Gasteiger partial charge in [0.25, 0.3) is 5.91 Å². The number of rotatable bonds is 7. The van der Waals surface area contributed by atoms with Crippen LogP contribution in [-0.4, -0.2) is 38.3 Å². The van der Waals surface area contributed by atoms with Crippen LogP contribution in [0.15, 0.2) is 51.8 Å². The highest BCUT2D eigenvalue weighted by Gasteiger charge is 2.26. The predicted octanol–water partition coefficient (Wildman–Crippen LogP) is 4.53. The number of hydrogen-bond donors (Lipinski definition) is 1. The molecule has 1 aliphatic rings. The molecule has 0 saturated carbocycles. The number of amides is 1. The largest absolute Gasteiger partial charge is 0.482 e. The van der Waals surface area contributed by atoms with Crippen molar-refractivity contribution in [1.82, 2.24) is 9.62 Å². The first-order valence-corrected chi connectivity index (χ1v) is 12.4. The molecule has 1 aliphatic heterocycles. The summed E-state index contributed by atoms with van der Waals surface area (Å²) < 4.78 is 33.4. The number of benzene rings is 2. The van der Waals surface area contributed by atoms with Crippen molar-refractivity contribution in [2.24, 2.45) is 0 Å². The molecule has 162 valence electrons. The molecule has 1 unspecified atom stereocenters. The maximum Gasteiger partial charge on any atom is 0.258 e. The van der Waals surface area contributed by atoms with Crippen LogP contribution in [0.1, 0.15) is 37.8 Å². The van der Waals surface area contributed by atoms with Crippen molar-refractivity contribution in [2.45, 2.75) is 37.1 Å². The number of ether oxygens (including phenoxy) is 1. The van der Waals surface area contributed by atoms with Crippen LogP contribution in [0.2, 0.25) is 5.02 Å². The van der Waals surface area contributed by atoms with E-state index in [4.69, 9.17) is 16.3 Å². The lowest BCUT2D eigenvalue weighted by Gasteiger charge is -2.26. The highest BCUT2D eigenvalue weighted by Crippen LogP contribution is 2.29. The molecule has 2 aromatic carbocycles. The van der Waals surface area contributed by atoms with Crippen LogP contribution in [-0.2, 0) is 14.8 Å². The maximum absolute atomic E-state index is 12.8. The van der Waals surface area contributed by atoms with Gasteiger partial charge < -0.3 is 10.1 Å². The molecule has 0 spiro atoms. The smallest absolute Gasteiger partial charge is 0.258 e. The Morgan fingerprint density at radius 1 is 1.20 bits per heavy atom. The number of nitrogens with one attached hydrogen (secondary N) is 1. The number of hydrogen-bond acceptors (Lipinski definition) is 4. The average molecular weight is 516 g/mol. The summed E-state index contributed by atoms with van der Waals surface area (Å²) in [6.07, 6.45) is 2.77. The third-order valence-corrected chi connectivity index (χ3v) is 7.62. The van der Waals surface area contributed by atoms with Crippen molar-refractivity contribution in [3.8, 4) is 5.75 Å². The lowest BCUT2D eigenvalue weighted by atomic mass is 10.1. The maximum atomic E-state index is 12.8. The van der Waals surface area contributed by atoms with E-state index >= 15 is 0 Å². The van der Waals surface area contributed by atoms with Gasteiger partial charge in [0.05, 0.1) is 16.0 Å². The van der Waals surface area contributed by atoms with Gasteiger partial charge >= 0.3 is 0 Å². The molecule has 1 heterocycles. The average Bonchev–Trinajstić information content (AvgIpc) is 2.73. The zero-order chi connectivity index (χ0) is 21.7. The summed E-state index contributed by atoms with van der Waals surface area (Å²) in [4.78, 5) is 12.4. The molecule has 9 heteroatoms. The minimum absolute atomic E-state index is 0.134. The topological polar surface area (TPSA) is 75.7 Å². The van der Waals surface area contributed by atoms with E-state index < -0.39 is 10.0 Å². The quantitative estimate of drug-likeness (QED) is 0.588. The minimum atomic E-state index is -3.57. The first-order valence-electron chi connectivity index (χ1n) is 9.75. The third kappa shape index (κ3) is 5.75. The predicted molar refractivity (Wildman–Crippen MR) is 120 cm³/mol. The standard InChI is InChI=1S/C21H24BrClN2O4S/c1-15(16-6-5-7-17(22)12-16)24-21(26)14-29-20-9-8-18(13-19(20)23)30(27,28)25-10-3-2-4-11-25/h5-9,12-13,15H,2-4,10-11,14H2,1H3,(H,24,26). The molecular formula is C21H24BrClN2O4S. The third-order valence-electron chi connectivity index (χ3n) is 4.94. The van der Waals surface area contributed by atoms with Crippen LogP contribution < -0.4 is 10.1 Å². The molecule has 0 bridgehead atoms. The monoisotopic (exact) mass is 514 g/mol. The van der Waals surface area contributed by atoms with Crippen LogP contribution in [0.4, 0.5) is 0 Å². The van der Waals surface area contributed by atoms with Gasteiger partial charge in [-0.05, 0) is 55.7 Å². The molecule has 0 aromatic heterocycles. The van der Waals surface area contributed by atoms with Gasteiger partial charge in [0.2, 0.25) is 10.0 Å². The van der Waals surface area contributed by atoms with Crippen molar-refractivity contribution >= 4 is 43.5 Å². The zero-order valence-corrected chi connectivity index (χ0v) is 19.8. The molecule has 1 saturated heterocycles. The second kappa shape index (κ2) is 10.1. The number of sulfonamides is 1. The van der Waals surface area contributed by atoms with Crippen molar-refractivity contribution in [1.29, 1.82) is 0 Å². The number of carbonyl (C=O) groups is 1. The van der Waals surface area contributed by atoms with Crippen molar-refractivity contribution < 1.29 is 17.9 Å². The van der Waals surface area contributed by atoms with Gasteiger partial charge in [0.15, 0.2) is 6.61 Å². The fourth-order valence-electron chi connectivity index (χ4n) is 3.30. The fourth-order valence-corrected chi connectivity index (χ4v) is 5.56. The van der Waals surface area contributed by atoms with E-state index in [1.54, 1.807) is 0 Å². The Balaban J connectivity index is 1.60. The molecule has 1 N–H and O–H groups in total. The Kier molecular flexibility index (Phi) is 7.79. The highest BCUT2D eigenvalue weighted by atomic mass is 79.9. The van der Waals surface area contributed by atoms with E-state index in [0.717, 1.165) is 29.3 Å². The molecule has 1 atom stereocenters. The van der Waals surface area contributed by atoms with Gasteiger partial charge in [-0.25, -0.2) is 8.42 Å². The molecule has 0 radical (unpaired) electrons. The summed E-state index contributed by atoms with van der Waals surface area (Å²) >= 11 is 9.65. The number of carbonyl (C=O) groups excluding carboxylic acids is 1. The normalized spacial score (nSPS) is 16.1. The summed E-state index contributed by atoms with van der Waals surface area (Å²) in [7, 11) is -3.57. The second-order valence-corrected chi connectivity index (χ2v) is 10.5. The molecular weight excluding hydrogens is 492 g/mol. The summed E-state index contributed by atoms with van der Waals surface area (Å²) in [6, 6.07) is 11.8. The molecule has 30 heavy (non-hydrogen) atoms. The van der Waals surface area contributed by atoms with E-state index in [2.05, 4.69) is 21.2 Å². The molecule has 6 nitrogen and oxygen atoms in total. The zero-order valence-electron chi connectivity index (χ0n) is 16.6.